The van der Waals surface area contributed by atoms with E-state index in [1.54, 1.807) is 7.11 Å². The lowest BCUT2D eigenvalue weighted by Crippen LogP contribution is -2.24. The predicted molar refractivity (Wildman–Crippen MR) is 56.6 cm³/mol. The summed E-state index contributed by atoms with van der Waals surface area (Å²) >= 11 is 0. The van der Waals surface area contributed by atoms with Crippen molar-refractivity contribution in [3.05, 3.63) is 0 Å². The Morgan fingerprint density at radius 1 is 1.40 bits per heavy atom. The fraction of sp³-hybridized carbons (Fsp3) is 0.917. The first-order chi connectivity index (χ1) is 7.02. The Morgan fingerprint density at radius 2 is 1.93 bits per heavy atom. The van der Waals surface area contributed by atoms with Gasteiger partial charge < -0.3 is 9.84 Å². The van der Waals surface area contributed by atoms with Crippen molar-refractivity contribution in [1.82, 2.24) is 0 Å². The second-order valence-electron chi connectivity index (χ2n) is 5.52. The van der Waals surface area contributed by atoms with Crippen LogP contribution in [0.1, 0.15) is 39.0 Å². The molecular formula is C12H20O3. The summed E-state index contributed by atoms with van der Waals surface area (Å²) in [6.45, 7) is 2.18. The number of rotatable bonds is 3. The van der Waals surface area contributed by atoms with E-state index in [0.717, 1.165) is 25.7 Å². The van der Waals surface area contributed by atoms with Gasteiger partial charge in [-0.05, 0) is 50.4 Å². The van der Waals surface area contributed by atoms with E-state index in [0.29, 0.717) is 24.2 Å². The van der Waals surface area contributed by atoms with Crippen LogP contribution >= 0.6 is 0 Å². The maximum Gasteiger partial charge on any atom is 0.303 e. The zero-order valence-electron chi connectivity index (χ0n) is 9.53. The maximum absolute atomic E-state index is 10.6. The zero-order valence-corrected chi connectivity index (χ0v) is 9.53. The molecule has 1 N–H and O–H groups in total. The third kappa shape index (κ3) is 2.17. The third-order valence-corrected chi connectivity index (χ3v) is 4.28. The van der Waals surface area contributed by atoms with E-state index in [1.807, 2.05) is 0 Å². The van der Waals surface area contributed by atoms with Crippen molar-refractivity contribution in [2.45, 2.75) is 44.6 Å². The zero-order chi connectivity index (χ0) is 11.1. The van der Waals surface area contributed by atoms with E-state index in [1.165, 1.54) is 0 Å². The number of hydrogen-bond donors (Lipinski definition) is 1. The Labute approximate surface area is 90.8 Å². The SMILES string of the molecule is COC1(C)C[C@H]2CC(CC(=O)O)C[C@H]2C1. The number of fused-ring (bicyclic) bond motifs is 1. The molecule has 3 nitrogen and oxygen atoms in total. The molecule has 2 aliphatic rings. The van der Waals surface area contributed by atoms with Gasteiger partial charge in [-0.25, -0.2) is 0 Å². The Balaban J connectivity index is 1.90. The second-order valence-corrected chi connectivity index (χ2v) is 5.52. The molecule has 2 rings (SSSR count). The number of carbonyl (C=O) groups is 1. The van der Waals surface area contributed by atoms with Gasteiger partial charge in [0.15, 0.2) is 0 Å². The van der Waals surface area contributed by atoms with Gasteiger partial charge in [-0.2, -0.15) is 0 Å². The van der Waals surface area contributed by atoms with Crippen molar-refractivity contribution in [1.29, 1.82) is 0 Å². The topological polar surface area (TPSA) is 46.5 Å². The Morgan fingerprint density at radius 3 is 2.33 bits per heavy atom. The maximum atomic E-state index is 10.6. The van der Waals surface area contributed by atoms with E-state index in [9.17, 15) is 4.79 Å². The van der Waals surface area contributed by atoms with Gasteiger partial charge in [0.25, 0.3) is 0 Å². The highest BCUT2D eigenvalue weighted by Crippen LogP contribution is 2.52. The van der Waals surface area contributed by atoms with Crippen LogP contribution in [0.3, 0.4) is 0 Å². The molecule has 0 aromatic carbocycles. The highest BCUT2D eigenvalue weighted by molar-refractivity contribution is 5.67. The molecule has 0 aromatic rings. The van der Waals surface area contributed by atoms with Gasteiger partial charge in [-0.1, -0.05) is 0 Å². The monoisotopic (exact) mass is 212 g/mol. The smallest absolute Gasteiger partial charge is 0.303 e. The highest BCUT2D eigenvalue weighted by Gasteiger charge is 2.47. The number of carboxylic acids is 1. The molecule has 2 unspecified atom stereocenters. The van der Waals surface area contributed by atoms with Gasteiger partial charge in [0.1, 0.15) is 0 Å². The molecule has 0 spiro atoms. The minimum Gasteiger partial charge on any atom is -0.481 e. The summed E-state index contributed by atoms with van der Waals surface area (Å²) in [5.74, 6) is 1.19. The van der Waals surface area contributed by atoms with E-state index in [-0.39, 0.29) is 5.60 Å². The molecule has 0 aromatic heterocycles. The summed E-state index contributed by atoms with van der Waals surface area (Å²) in [5.41, 5.74) is 0.0591. The summed E-state index contributed by atoms with van der Waals surface area (Å²) in [7, 11) is 1.79. The molecule has 0 amide bonds. The number of ether oxygens (including phenoxy) is 1. The summed E-state index contributed by atoms with van der Waals surface area (Å²) in [6, 6.07) is 0. The standard InChI is InChI=1S/C12H20O3/c1-12(15-2)6-9-3-8(5-11(13)14)4-10(9)7-12/h8-10H,3-7H2,1-2H3,(H,13,14)/t8?,9-,10+,12?. The minimum atomic E-state index is -0.644. The second kappa shape index (κ2) is 3.78. The van der Waals surface area contributed by atoms with Crippen molar-refractivity contribution in [3.63, 3.8) is 0 Å². The van der Waals surface area contributed by atoms with Gasteiger partial charge >= 0.3 is 5.97 Å². The van der Waals surface area contributed by atoms with Crippen LogP contribution in [-0.2, 0) is 9.53 Å². The molecule has 86 valence electrons. The summed E-state index contributed by atoms with van der Waals surface area (Å²) in [6.07, 6.45) is 4.77. The van der Waals surface area contributed by atoms with Crippen molar-refractivity contribution >= 4 is 5.97 Å². The van der Waals surface area contributed by atoms with E-state index in [4.69, 9.17) is 9.84 Å². The van der Waals surface area contributed by atoms with Crippen LogP contribution in [0, 0.1) is 17.8 Å². The Bertz CT molecular complexity index is 248. The molecule has 0 aliphatic heterocycles. The molecule has 3 heteroatoms. The first-order valence-electron chi connectivity index (χ1n) is 5.79. The average Bonchev–Trinajstić information content (AvgIpc) is 2.58. The summed E-state index contributed by atoms with van der Waals surface area (Å²) in [5, 5.41) is 8.76. The fourth-order valence-electron chi connectivity index (χ4n) is 3.61. The molecule has 2 saturated carbocycles. The first-order valence-corrected chi connectivity index (χ1v) is 5.79. The number of hydrogen-bond acceptors (Lipinski definition) is 2. The van der Waals surface area contributed by atoms with Gasteiger partial charge in [0.05, 0.1) is 5.60 Å². The molecule has 2 fully saturated rings. The number of carboxylic acid groups (broad SMARTS) is 1. The fourth-order valence-corrected chi connectivity index (χ4v) is 3.61. The molecule has 2 aliphatic carbocycles. The van der Waals surface area contributed by atoms with Crippen LogP contribution in [0.25, 0.3) is 0 Å². The minimum absolute atomic E-state index is 0.0591. The van der Waals surface area contributed by atoms with Gasteiger partial charge in [-0.3, -0.25) is 4.79 Å². The molecular weight excluding hydrogens is 192 g/mol. The van der Waals surface area contributed by atoms with Crippen LogP contribution in [-0.4, -0.2) is 23.8 Å². The predicted octanol–water partition coefficient (Wildman–Crippen LogP) is 2.30. The van der Waals surface area contributed by atoms with Crippen molar-refractivity contribution in [3.8, 4) is 0 Å². The molecule has 0 heterocycles. The molecule has 15 heavy (non-hydrogen) atoms. The van der Waals surface area contributed by atoms with Crippen molar-refractivity contribution < 1.29 is 14.6 Å². The molecule has 4 atom stereocenters. The van der Waals surface area contributed by atoms with Gasteiger partial charge in [-0.15, -0.1) is 0 Å². The van der Waals surface area contributed by atoms with Crippen LogP contribution in [0.5, 0.6) is 0 Å². The van der Waals surface area contributed by atoms with Crippen molar-refractivity contribution in [2.24, 2.45) is 17.8 Å². The Kier molecular flexibility index (Phi) is 2.75. The van der Waals surface area contributed by atoms with E-state index in [2.05, 4.69) is 6.92 Å². The number of methoxy groups -OCH3 is 1. The van der Waals surface area contributed by atoms with E-state index < -0.39 is 5.97 Å². The van der Waals surface area contributed by atoms with Crippen LogP contribution in [0.4, 0.5) is 0 Å². The Hall–Kier alpha value is -0.570. The third-order valence-electron chi connectivity index (χ3n) is 4.28. The lowest BCUT2D eigenvalue weighted by Gasteiger charge is -2.23. The number of aliphatic carboxylic acids is 1. The largest absolute Gasteiger partial charge is 0.481 e. The van der Waals surface area contributed by atoms with Crippen LogP contribution in [0.15, 0.2) is 0 Å². The van der Waals surface area contributed by atoms with Crippen molar-refractivity contribution in [2.75, 3.05) is 7.11 Å². The molecule has 0 radical (unpaired) electrons. The normalized spacial score (nSPS) is 44.3. The average molecular weight is 212 g/mol. The summed E-state index contributed by atoms with van der Waals surface area (Å²) < 4.78 is 5.54. The summed E-state index contributed by atoms with van der Waals surface area (Å²) in [4.78, 5) is 10.6. The lowest BCUT2D eigenvalue weighted by molar-refractivity contribution is -0.138. The first kappa shape index (κ1) is 10.9. The lowest BCUT2D eigenvalue weighted by atomic mass is 9.94. The molecule has 0 saturated heterocycles. The van der Waals surface area contributed by atoms with Crippen LogP contribution < -0.4 is 0 Å². The van der Waals surface area contributed by atoms with Crippen LogP contribution in [0.2, 0.25) is 0 Å². The highest BCUT2D eigenvalue weighted by atomic mass is 16.5. The van der Waals surface area contributed by atoms with E-state index >= 15 is 0 Å². The quantitative estimate of drug-likeness (QED) is 0.780. The van der Waals surface area contributed by atoms with Gasteiger partial charge in [0, 0.05) is 13.5 Å². The van der Waals surface area contributed by atoms with Gasteiger partial charge in [0.2, 0.25) is 0 Å². The molecule has 0 bridgehead atoms.